The number of hydrogen-bond acceptors (Lipinski definition) is 5. The standard InChI is InChI=1S/C17H21N3O2S/c1-2-16-18-8-14(9-19-16)17(21)20(10-13-5-7-23-12-13)11-15-4-3-6-22-15/h5,7-9,12,15H,2-4,6,10-11H2,1H3/t15-/m0/s1. The minimum atomic E-state index is -0.0330. The number of carbonyl (C=O) groups excluding carboxylic acids is 1. The van der Waals surface area contributed by atoms with Gasteiger partial charge in [0, 0.05) is 38.5 Å². The number of hydrogen-bond donors (Lipinski definition) is 0. The third-order valence-electron chi connectivity index (χ3n) is 3.96. The van der Waals surface area contributed by atoms with Crippen LogP contribution in [0.1, 0.15) is 41.5 Å². The molecule has 23 heavy (non-hydrogen) atoms. The summed E-state index contributed by atoms with van der Waals surface area (Å²) in [6.45, 7) is 4.00. The van der Waals surface area contributed by atoms with Gasteiger partial charge in [0.15, 0.2) is 0 Å². The molecule has 1 aliphatic rings. The summed E-state index contributed by atoms with van der Waals surface area (Å²) < 4.78 is 5.70. The van der Waals surface area contributed by atoms with Gasteiger partial charge in [0.05, 0.1) is 11.7 Å². The Balaban J connectivity index is 1.75. The van der Waals surface area contributed by atoms with E-state index in [-0.39, 0.29) is 12.0 Å². The van der Waals surface area contributed by atoms with E-state index in [2.05, 4.69) is 21.4 Å². The van der Waals surface area contributed by atoms with Crippen LogP contribution in [-0.2, 0) is 17.7 Å². The van der Waals surface area contributed by atoms with Crippen LogP contribution in [0.15, 0.2) is 29.2 Å². The van der Waals surface area contributed by atoms with E-state index in [1.165, 1.54) is 0 Å². The summed E-state index contributed by atoms with van der Waals surface area (Å²) in [7, 11) is 0. The molecule has 1 aliphatic heterocycles. The van der Waals surface area contributed by atoms with Gasteiger partial charge in [-0.2, -0.15) is 11.3 Å². The van der Waals surface area contributed by atoms with Crippen molar-refractivity contribution in [1.82, 2.24) is 14.9 Å². The van der Waals surface area contributed by atoms with Gasteiger partial charge in [-0.3, -0.25) is 4.79 Å². The van der Waals surface area contributed by atoms with Gasteiger partial charge in [0.2, 0.25) is 0 Å². The average molecular weight is 331 g/mol. The number of rotatable bonds is 6. The molecule has 1 fully saturated rings. The molecule has 3 heterocycles. The Morgan fingerprint density at radius 3 is 2.87 bits per heavy atom. The van der Waals surface area contributed by atoms with E-state index < -0.39 is 0 Å². The Hall–Kier alpha value is -1.79. The maximum Gasteiger partial charge on any atom is 0.257 e. The molecule has 0 bridgehead atoms. The Bertz CT molecular complexity index is 622. The van der Waals surface area contributed by atoms with E-state index >= 15 is 0 Å². The fourth-order valence-corrected chi connectivity index (χ4v) is 3.35. The Morgan fingerprint density at radius 1 is 1.43 bits per heavy atom. The van der Waals surface area contributed by atoms with Gasteiger partial charge in [-0.15, -0.1) is 0 Å². The largest absolute Gasteiger partial charge is 0.376 e. The van der Waals surface area contributed by atoms with Crippen LogP contribution in [0, 0.1) is 0 Å². The number of nitrogens with zero attached hydrogens (tertiary/aromatic N) is 3. The molecule has 2 aromatic heterocycles. The number of thiophene rings is 1. The highest BCUT2D eigenvalue weighted by Crippen LogP contribution is 2.18. The van der Waals surface area contributed by atoms with Crippen LogP contribution in [0.25, 0.3) is 0 Å². The van der Waals surface area contributed by atoms with Crippen LogP contribution in [0.2, 0.25) is 0 Å². The van der Waals surface area contributed by atoms with Gasteiger partial charge in [-0.1, -0.05) is 6.92 Å². The van der Waals surface area contributed by atoms with Crippen molar-refractivity contribution in [2.45, 2.75) is 38.8 Å². The summed E-state index contributed by atoms with van der Waals surface area (Å²) in [5.41, 5.74) is 1.68. The first-order chi connectivity index (χ1) is 11.3. The minimum absolute atomic E-state index is 0.0330. The van der Waals surface area contributed by atoms with Crippen molar-refractivity contribution in [1.29, 1.82) is 0 Å². The maximum absolute atomic E-state index is 12.9. The molecule has 0 spiro atoms. The second kappa shape index (κ2) is 7.66. The van der Waals surface area contributed by atoms with Crippen LogP contribution < -0.4 is 0 Å². The molecule has 0 aromatic carbocycles. The molecule has 3 rings (SSSR count). The van der Waals surface area contributed by atoms with Crippen LogP contribution in [0.3, 0.4) is 0 Å². The lowest BCUT2D eigenvalue weighted by Gasteiger charge is -2.25. The van der Waals surface area contributed by atoms with Crippen molar-refractivity contribution in [2.24, 2.45) is 0 Å². The highest BCUT2D eigenvalue weighted by molar-refractivity contribution is 7.07. The van der Waals surface area contributed by atoms with Crippen LogP contribution in [0.4, 0.5) is 0 Å². The summed E-state index contributed by atoms with van der Waals surface area (Å²) >= 11 is 1.64. The normalized spacial score (nSPS) is 17.3. The average Bonchev–Trinajstić information content (AvgIpc) is 3.27. The lowest BCUT2D eigenvalue weighted by Crippen LogP contribution is -2.37. The molecule has 1 amide bonds. The van der Waals surface area contributed by atoms with E-state index in [1.54, 1.807) is 23.7 Å². The minimum Gasteiger partial charge on any atom is -0.376 e. The number of ether oxygens (including phenoxy) is 1. The second-order valence-corrected chi connectivity index (χ2v) is 6.47. The zero-order valence-electron chi connectivity index (χ0n) is 13.3. The van der Waals surface area contributed by atoms with Crippen molar-refractivity contribution >= 4 is 17.2 Å². The molecular formula is C17H21N3O2S. The van der Waals surface area contributed by atoms with E-state index in [4.69, 9.17) is 4.74 Å². The lowest BCUT2D eigenvalue weighted by molar-refractivity contribution is 0.0507. The number of amides is 1. The third kappa shape index (κ3) is 4.14. The highest BCUT2D eigenvalue weighted by Gasteiger charge is 2.24. The molecular weight excluding hydrogens is 310 g/mol. The first-order valence-corrected chi connectivity index (χ1v) is 8.93. The van der Waals surface area contributed by atoms with Crippen molar-refractivity contribution in [3.63, 3.8) is 0 Å². The van der Waals surface area contributed by atoms with Gasteiger partial charge in [0.25, 0.3) is 5.91 Å². The molecule has 2 aromatic rings. The zero-order valence-corrected chi connectivity index (χ0v) is 14.1. The summed E-state index contributed by atoms with van der Waals surface area (Å²) in [6.07, 6.45) is 6.24. The Kier molecular flexibility index (Phi) is 5.35. The first kappa shape index (κ1) is 16.1. The SMILES string of the molecule is CCc1ncc(C(=O)N(Cc2ccsc2)C[C@@H]2CCCO2)cn1. The molecule has 122 valence electrons. The summed E-state index contributed by atoms with van der Waals surface area (Å²) in [5, 5.41) is 4.11. The van der Waals surface area contributed by atoms with Gasteiger partial charge in [-0.25, -0.2) is 9.97 Å². The maximum atomic E-state index is 12.9. The fourth-order valence-electron chi connectivity index (χ4n) is 2.69. The van der Waals surface area contributed by atoms with Crippen molar-refractivity contribution < 1.29 is 9.53 Å². The third-order valence-corrected chi connectivity index (χ3v) is 4.69. The van der Waals surface area contributed by atoms with Crippen LogP contribution in [-0.4, -0.2) is 40.0 Å². The molecule has 1 saturated heterocycles. The Labute approximate surface area is 140 Å². The second-order valence-electron chi connectivity index (χ2n) is 5.69. The van der Waals surface area contributed by atoms with Crippen molar-refractivity contribution in [3.8, 4) is 0 Å². The molecule has 5 nitrogen and oxygen atoms in total. The first-order valence-electron chi connectivity index (χ1n) is 7.99. The molecule has 0 aliphatic carbocycles. The van der Waals surface area contributed by atoms with Crippen molar-refractivity contribution in [2.75, 3.05) is 13.2 Å². The predicted molar refractivity (Wildman–Crippen MR) is 89.4 cm³/mol. The van der Waals surface area contributed by atoms with Crippen LogP contribution >= 0.6 is 11.3 Å². The van der Waals surface area contributed by atoms with E-state index in [0.717, 1.165) is 37.3 Å². The number of aromatic nitrogens is 2. The smallest absolute Gasteiger partial charge is 0.257 e. The molecule has 0 saturated carbocycles. The van der Waals surface area contributed by atoms with Gasteiger partial charge in [0.1, 0.15) is 5.82 Å². The van der Waals surface area contributed by atoms with E-state index in [0.29, 0.717) is 18.7 Å². The topological polar surface area (TPSA) is 55.3 Å². The molecule has 0 unspecified atom stereocenters. The predicted octanol–water partition coefficient (Wildman–Crippen LogP) is 2.92. The Morgan fingerprint density at radius 2 is 2.26 bits per heavy atom. The summed E-state index contributed by atoms with van der Waals surface area (Å²) in [6, 6.07) is 2.05. The van der Waals surface area contributed by atoms with Gasteiger partial charge >= 0.3 is 0 Å². The monoisotopic (exact) mass is 331 g/mol. The van der Waals surface area contributed by atoms with Crippen molar-refractivity contribution in [3.05, 3.63) is 46.2 Å². The lowest BCUT2D eigenvalue weighted by atomic mass is 10.2. The molecule has 1 atom stereocenters. The van der Waals surface area contributed by atoms with E-state index in [9.17, 15) is 4.79 Å². The molecule has 6 heteroatoms. The quantitative estimate of drug-likeness (QED) is 0.817. The van der Waals surface area contributed by atoms with Gasteiger partial charge < -0.3 is 9.64 Å². The van der Waals surface area contributed by atoms with Gasteiger partial charge in [-0.05, 0) is 35.2 Å². The number of aryl methyl sites for hydroxylation is 1. The summed E-state index contributed by atoms with van der Waals surface area (Å²) in [4.78, 5) is 23.2. The fraction of sp³-hybridized carbons (Fsp3) is 0.471. The zero-order chi connectivity index (χ0) is 16.1. The molecule has 0 radical (unpaired) electrons. The van der Waals surface area contributed by atoms with Crippen LogP contribution in [0.5, 0.6) is 0 Å². The van der Waals surface area contributed by atoms with E-state index in [1.807, 2.05) is 17.2 Å². The number of carbonyl (C=O) groups is 1. The summed E-state index contributed by atoms with van der Waals surface area (Å²) in [5.74, 6) is 0.722. The molecule has 0 N–H and O–H groups in total. The highest BCUT2D eigenvalue weighted by atomic mass is 32.1.